The lowest BCUT2D eigenvalue weighted by molar-refractivity contribution is 0.0431. The first-order valence-electron chi connectivity index (χ1n) is 6.84. The molecule has 0 saturated heterocycles. The summed E-state index contributed by atoms with van der Waals surface area (Å²) in [5.41, 5.74) is 5.86. The fourth-order valence-corrected chi connectivity index (χ4v) is 4.02. The van der Waals surface area contributed by atoms with E-state index in [1.807, 2.05) is 42.1 Å². The average molecular weight is 265 g/mol. The maximum absolute atomic E-state index is 10.6. The largest absolute Gasteiger partial charge is 0.384 e. The number of nitrogens with two attached hydrogens (primary N) is 1. The summed E-state index contributed by atoms with van der Waals surface area (Å²) in [5.74, 6) is 0.993. The van der Waals surface area contributed by atoms with Crippen LogP contribution in [0.4, 0.5) is 0 Å². The van der Waals surface area contributed by atoms with E-state index < -0.39 is 5.60 Å². The van der Waals surface area contributed by atoms with Gasteiger partial charge in [0, 0.05) is 11.8 Å². The lowest BCUT2D eigenvalue weighted by Crippen LogP contribution is -2.35. The fourth-order valence-electron chi connectivity index (χ4n) is 2.56. The monoisotopic (exact) mass is 265 g/mol. The Labute approximate surface area is 114 Å². The molecule has 1 aromatic rings. The van der Waals surface area contributed by atoms with Gasteiger partial charge in [0.05, 0.1) is 0 Å². The molecule has 1 aliphatic carbocycles. The van der Waals surface area contributed by atoms with Crippen LogP contribution in [-0.2, 0) is 5.60 Å². The van der Waals surface area contributed by atoms with Crippen molar-refractivity contribution in [2.24, 2.45) is 5.73 Å². The van der Waals surface area contributed by atoms with Gasteiger partial charge in [0.2, 0.25) is 0 Å². The molecule has 0 aromatic heterocycles. The number of aliphatic hydroxyl groups is 1. The minimum atomic E-state index is -0.854. The van der Waals surface area contributed by atoms with Crippen LogP contribution in [0, 0.1) is 0 Å². The van der Waals surface area contributed by atoms with E-state index in [0.717, 1.165) is 23.0 Å². The van der Waals surface area contributed by atoms with Gasteiger partial charge in [0.1, 0.15) is 5.60 Å². The molecular formula is C15H23NOS. The summed E-state index contributed by atoms with van der Waals surface area (Å²) in [6.45, 7) is 0.294. The molecule has 0 bridgehead atoms. The van der Waals surface area contributed by atoms with E-state index in [0.29, 0.717) is 6.54 Å². The fraction of sp³-hybridized carbons (Fsp3) is 0.600. The molecule has 1 fully saturated rings. The van der Waals surface area contributed by atoms with Crippen molar-refractivity contribution in [3.63, 3.8) is 0 Å². The van der Waals surface area contributed by atoms with Gasteiger partial charge in [-0.25, -0.2) is 0 Å². The first kappa shape index (κ1) is 13.9. The number of hydrogen-bond donors (Lipinski definition) is 2. The van der Waals surface area contributed by atoms with E-state index in [2.05, 4.69) is 0 Å². The van der Waals surface area contributed by atoms with Crippen molar-refractivity contribution in [3.8, 4) is 0 Å². The molecule has 18 heavy (non-hydrogen) atoms. The molecule has 1 aromatic carbocycles. The molecule has 1 aliphatic rings. The van der Waals surface area contributed by atoms with Gasteiger partial charge in [0.25, 0.3) is 0 Å². The lowest BCUT2D eigenvalue weighted by atomic mass is 9.91. The molecule has 1 saturated carbocycles. The molecule has 0 amide bonds. The van der Waals surface area contributed by atoms with E-state index in [1.165, 1.54) is 25.7 Å². The van der Waals surface area contributed by atoms with Crippen LogP contribution in [0.15, 0.2) is 30.3 Å². The zero-order valence-electron chi connectivity index (χ0n) is 10.8. The standard InChI is InChI=1S/C15H23NOS/c16-12-15(17,13-6-2-1-3-7-13)10-11-18-14-8-4-5-9-14/h1-3,6-7,14,17H,4-5,8-12,16H2. The van der Waals surface area contributed by atoms with E-state index in [-0.39, 0.29) is 0 Å². The van der Waals surface area contributed by atoms with Crippen molar-refractivity contribution >= 4 is 11.8 Å². The van der Waals surface area contributed by atoms with Crippen LogP contribution in [-0.4, -0.2) is 22.7 Å². The highest BCUT2D eigenvalue weighted by molar-refractivity contribution is 7.99. The van der Waals surface area contributed by atoms with Crippen LogP contribution in [0.2, 0.25) is 0 Å². The van der Waals surface area contributed by atoms with Gasteiger partial charge in [-0.15, -0.1) is 0 Å². The lowest BCUT2D eigenvalue weighted by Gasteiger charge is -2.27. The average Bonchev–Trinajstić information content (AvgIpc) is 2.93. The van der Waals surface area contributed by atoms with Gasteiger partial charge >= 0.3 is 0 Å². The van der Waals surface area contributed by atoms with E-state index in [1.54, 1.807) is 0 Å². The number of rotatable bonds is 6. The molecule has 0 radical (unpaired) electrons. The topological polar surface area (TPSA) is 46.2 Å². The van der Waals surface area contributed by atoms with Crippen molar-refractivity contribution < 1.29 is 5.11 Å². The summed E-state index contributed by atoms with van der Waals surface area (Å²) in [4.78, 5) is 0. The Bertz CT molecular complexity index is 351. The van der Waals surface area contributed by atoms with Gasteiger partial charge in [-0.1, -0.05) is 43.2 Å². The second-order valence-corrected chi connectivity index (χ2v) is 6.54. The van der Waals surface area contributed by atoms with Crippen LogP contribution in [0.3, 0.4) is 0 Å². The highest BCUT2D eigenvalue weighted by Gasteiger charge is 2.27. The van der Waals surface area contributed by atoms with Gasteiger partial charge in [0.15, 0.2) is 0 Å². The molecule has 3 heteroatoms. The summed E-state index contributed by atoms with van der Waals surface area (Å²) in [5, 5.41) is 11.4. The van der Waals surface area contributed by atoms with Gasteiger partial charge < -0.3 is 10.8 Å². The number of benzene rings is 1. The Kier molecular flexibility index (Phi) is 5.10. The maximum atomic E-state index is 10.6. The van der Waals surface area contributed by atoms with Crippen molar-refractivity contribution in [2.75, 3.05) is 12.3 Å². The van der Waals surface area contributed by atoms with Gasteiger partial charge in [-0.2, -0.15) is 11.8 Å². The second-order valence-electron chi connectivity index (χ2n) is 5.13. The molecule has 3 N–H and O–H groups in total. The molecule has 0 spiro atoms. The third-order valence-corrected chi connectivity index (χ3v) is 5.20. The predicted molar refractivity (Wildman–Crippen MR) is 78.7 cm³/mol. The molecular weight excluding hydrogens is 242 g/mol. The van der Waals surface area contributed by atoms with Crippen LogP contribution >= 0.6 is 11.8 Å². The van der Waals surface area contributed by atoms with Crippen LogP contribution < -0.4 is 5.73 Å². The summed E-state index contributed by atoms with van der Waals surface area (Å²) in [6.07, 6.45) is 6.18. The first-order valence-corrected chi connectivity index (χ1v) is 7.89. The van der Waals surface area contributed by atoms with E-state index >= 15 is 0 Å². The minimum absolute atomic E-state index is 0.294. The summed E-state index contributed by atoms with van der Waals surface area (Å²) >= 11 is 2.01. The van der Waals surface area contributed by atoms with E-state index in [9.17, 15) is 5.11 Å². The second kappa shape index (κ2) is 6.60. The highest BCUT2D eigenvalue weighted by atomic mass is 32.2. The molecule has 100 valence electrons. The number of hydrogen-bond acceptors (Lipinski definition) is 3. The third kappa shape index (κ3) is 3.50. The Balaban J connectivity index is 1.87. The molecule has 0 aliphatic heterocycles. The normalized spacial score (nSPS) is 19.9. The molecule has 1 atom stereocenters. The first-order chi connectivity index (χ1) is 8.74. The molecule has 2 nitrogen and oxygen atoms in total. The highest BCUT2D eigenvalue weighted by Crippen LogP contribution is 2.32. The third-order valence-electron chi connectivity index (χ3n) is 3.82. The van der Waals surface area contributed by atoms with Crippen LogP contribution in [0.5, 0.6) is 0 Å². The molecule has 0 heterocycles. The van der Waals surface area contributed by atoms with Crippen molar-refractivity contribution in [2.45, 2.75) is 43.0 Å². The quantitative estimate of drug-likeness (QED) is 0.831. The van der Waals surface area contributed by atoms with Crippen LogP contribution in [0.25, 0.3) is 0 Å². The van der Waals surface area contributed by atoms with Crippen molar-refractivity contribution in [3.05, 3.63) is 35.9 Å². The molecule has 1 unspecified atom stereocenters. The summed E-state index contributed by atoms with van der Waals surface area (Å²) < 4.78 is 0. The zero-order valence-corrected chi connectivity index (χ0v) is 11.7. The SMILES string of the molecule is NCC(O)(CCSC1CCCC1)c1ccccc1. The Hall–Kier alpha value is -0.510. The van der Waals surface area contributed by atoms with E-state index in [4.69, 9.17) is 5.73 Å². The summed E-state index contributed by atoms with van der Waals surface area (Å²) in [6, 6.07) is 9.81. The minimum Gasteiger partial charge on any atom is -0.384 e. The number of thioether (sulfide) groups is 1. The van der Waals surface area contributed by atoms with Gasteiger partial charge in [-0.05, 0) is 30.6 Å². The van der Waals surface area contributed by atoms with Crippen molar-refractivity contribution in [1.29, 1.82) is 0 Å². The Morgan fingerprint density at radius 3 is 2.50 bits per heavy atom. The summed E-state index contributed by atoms with van der Waals surface area (Å²) in [7, 11) is 0. The maximum Gasteiger partial charge on any atom is 0.103 e. The molecule has 2 rings (SSSR count). The Morgan fingerprint density at radius 2 is 1.89 bits per heavy atom. The smallest absolute Gasteiger partial charge is 0.103 e. The Morgan fingerprint density at radius 1 is 1.22 bits per heavy atom. The zero-order chi connectivity index (χ0) is 12.8. The van der Waals surface area contributed by atoms with Crippen molar-refractivity contribution in [1.82, 2.24) is 0 Å². The predicted octanol–water partition coefficient (Wildman–Crippen LogP) is 2.90. The van der Waals surface area contributed by atoms with Crippen LogP contribution in [0.1, 0.15) is 37.7 Å². The van der Waals surface area contributed by atoms with Gasteiger partial charge in [-0.3, -0.25) is 0 Å².